The van der Waals surface area contributed by atoms with Gasteiger partial charge in [0, 0.05) is 11.6 Å². The number of amides is 1. The first-order valence-corrected chi connectivity index (χ1v) is 7.38. The molecule has 7 heteroatoms. The molecule has 0 unspecified atom stereocenters. The zero-order chi connectivity index (χ0) is 14.7. The molecule has 0 spiro atoms. The molecule has 1 N–H and O–H groups in total. The van der Waals surface area contributed by atoms with E-state index < -0.39 is 5.91 Å². The topological polar surface area (TPSA) is 68.0 Å². The van der Waals surface area contributed by atoms with E-state index in [1.54, 1.807) is 12.1 Å². The molecule has 0 aliphatic carbocycles. The van der Waals surface area contributed by atoms with Crippen LogP contribution in [0.15, 0.2) is 46.3 Å². The van der Waals surface area contributed by atoms with Crippen LogP contribution in [0.1, 0.15) is 16.2 Å². The summed E-state index contributed by atoms with van der Waals surface area (Å²) >= 11 is 7.29. The summed E-state index contributed by atoms with van der Waals surface area (Å²) in [6, 6.07) is 11.0. The molecule has 3 aromatic rings. The smallest absolute Gasteiger partial charge is 0.316 e. The SMILES string of the molecule is O=C(NCc1ccc(Cl)cc1)c1nc(-c2cccs2)no1. The molecule has 0 saturated heterocycles. The second-order valence-electron chi connectivity index (χ2n) is 4.21. The highest BCUT2D eigenvalue weighted by molar-refractivity contribution is 7.13. The number of hydrogen-bond acceptors (Lipinski definition) is 5. The normalized spacial score (nSPS) is 10.5. The Kier molecular flexibility index (Phi) is 3.98. The van der Waals surface area contributed by atoms with E-state index in [1.807, 2.05) is 29.6 Å². The molecule has 3 rings (SSSR count). The summed E-state index contributed by atoms with van der Waals surface area (Å²) in [6.07, 6.45) is 0. The third-order valence-electron chi connectivity index (χ3n) is 2.73. The van der Waals surface area contributed by atoms with Crippen molar-refractivity contribution in [3.8, 4) is 10.7 Å². The second kappa shape index (κ2) is 6.07. The fourth-order valence-electron chi connectivity index (χ4n) is 1.68. The van der Waals surface area contributed by atoms with Crippen LogP contribution in [0.2, 0.25) is 5.02 Å². The molecule has 106 valence electrons. The lowest BCUT2D eigenvalue weighted by Crippen LogP contribution is -2.23. The van der Waals surface area contributed by atoms with Crippen molar-refractivity contribution in [2.75, 3.05) is 0 Å². The van der Waals surface area contributed by atoms with E-state index in [4.69, 9.17) is 16.1 Å². The van der Waals surface area contributed by atoms with E-state index >= 15 is 0 Å². The van der Waals surface area contributed by atoms with E-state index in [1.165, 1.54) is 11.3 Å². The number of carbonyl (C=O) groups excluding carboxylic acids is 1. The van der Waals surface area contributed by atoms with Crippen molar-refractivity contribution in [2.24, 2.45) is 0 Å². The Morgan fingerprint density at radius 3 is 2.81 bits per heavy atom. The number of nitrogens with one attached hydrogen (secondary N) is 1. The van der Waals surface area contributed by atoms with Crippen molar-refractivity contribution in [3.63, 3.8) is 0 Å². The quantitative estimate of drug-likeness (QED) is 0.800. The lowest BCUT2D eigenvalue weighted by atomic mass is 10.2. The van der Waals surface area contributed by atoms with Gasteiger partial charge in [-0.05, 0) is 29.1 Å². The minimum Gasteiger partial charge on any atom is -0.344 e. The molecule has 0 atom stereocenters. The number of benzene rings is 1. The predicted molar refractivity (Wildman–Crippen MR) is 80.2 cm³/mol. The van der Waals surface area contributed by atoms with Crippen molar-refractivity contribution in [1.82, 2.24) is 15.5 Å². The van der Waals surface area contributed by atoms with Gasteiger partial charge in [0.1, 0.15) is 0 Å². The third kappa shape index (κ3) is 3.29. The van der Waals surface area contributed by atoms with E-state index in [0.29, 0.717) is 17.4 Å². The Bertz CT molecular complexity index is 738. The van der Waals surface area contributed by atoms with Gasteiger partial charge >= 0.3 is 11.8 Å². The Hall–Kier alpha value is -2.18. The largest absolute Gasteiger partial charge is 0.344 e. The van der Waals surface area contributed by atoms with Crippen LogP contribution in [0, 0.1) is 0 Å². The monoisotopic (exact) mass is 319 g/mol. The maximum absolute atomic E-state index is 11.9. The van der Waals surface area contributed by atoms with Crippen molar-refractivity contribution >= 4 is 28.8 Å². The Morgan fingerprint density at radius 1 is 1.29 bits per heavy atom. The molecule has 0 radical (unpaired) electrons. The first kappa shape index (κ1) is 13.8. The van der Waals surface area contributed by atoms with Crippen LogP contribution < -0.4 is 5.32 Å². The van der Waals surface area contributed by atoms with Crippen LogP contribution in [-0.4, -0.2) is 16.0 Å². The van der Waals surface area contributed by atoms with Crippen LogP contribution >= 0.6 is 22.9 Å². The summed E-state index contributed by atoms with van der Waals surface area (Å²) in [5, 5.41) is 9.07. The van der Waals surface area contributed by atoms with E-state index in [2.05, 4.69) is 15.5 Å². The van der Waals surface area contributed by atoms with Gasteiger partial charge in [-0.15, -0.1) is 11.3 Å². The molecule has 2 heterocycles. The van der Waals surface area contributed by atoms with Gasteiger partial charge in [0.05, 0.1) is 4.88 Å². The van der Waals surface area contributed by atoms with Gasteiger partial charge < -0.3 is 9.84 Å². The second-order valence-corrected chi connectivity index (χ2v) is 5.59. The Morgan fingerprint density at radius 2 is 2.10 bits per heavy atom. The van der Waals surface area contributed by atoms with Crippen molar-refractivity contribution < 1.29 is 9.32 Å². The number of nitrogens with zero attached hydrogens (tertiary/aromatic N) is 2. The number of halogens is 1. The van der Waals surface area contributed by atoms with Crippen LogP contribution in [0.25, 0.3) is 10.7 Å². The fourth-order valence-corrected chi connectivity index (χ4v) is 2.46. The fraction of sp³-hybridized carbons (Fsp3) is 0.0714. The summed E-state index contributed by atoms with van der Waals surface area (Å²) in [6.45, 7) is 0.368. The number of carbonyl (C=O) groups is 1. The van der Waals surface area contributed by atoms with E-state index in [0.717, 1.165) is 10.4 Å². The summed E-state index contributed by atoms with van der Waals surface area (Å²) < 4.78 is 4.97. The first-order valence-electron chi connectivity index (χ1n) is 6.12. The van der Waals surface area contributed by atoms with Gasteiger partial charge in [0.25, 0.3) is 0 Å². The van der Waals surface area contributed by atoms with Crippen molar-refractivity contribution in [1.29, 1.82) is 0 Å². The van der Waals surface area contributed by atoms with Gasteiger partial charge in [-0.25, -0.2) is 0 Å². The van der Waals surface area contributed by atoms with E-state index in [9.17, 15) is 4.79 Å². The molecular formula is C14H10ClN3O2S. The summed E-state index contributed by atoms with van der Waals surface area (Å²) in [5.41, 5.74) is 0.936. The van der Waals surface area contributed by atoms with Gasteiger partial charge in [-0.1, -0.05) is 35.0 Å². The Labute approximate surface area is 129 Å². The van der Waals surface area contributed by atoms with Gasteiger partial charge in [0.2, 0.25) is 5.82 Å². The summed E-state index contributed by atoms with van der Waals surface area (Å²) in [7, 11) is 0. The molecule has 0 aliphatic heterocycles. The zero-order valence-corrected chi connectivity index (χ0v) is 12.3. The average Bonchev–Trinajstić information content (AvgIpc) is 3.17. The molecule has 0 aliphatic rings. The third-order valence-corrected chi connectivity index (χ3v) is 3.85. The molecule has 0 saturated carbocycles. The maximum Gasteiger partial charge on any atom is 0.316 e. The molecule has 1 aromatic carbocycles. The van der Waals surface area contributed by atoms with Crippen molar-refractivity contribution in [2.45, 2.75) is 6.54 Å². The number of aromatic nitrogens is 2. The lowest BCUT2D eigenvalue weighted by Gasteiger charge is -2.02. The highest BCUT2D eigenvalue weighted by Gasteiger charge is 2.16. The molecule has 5 nitrogen and oxygen atoms in total. The lowest BCUT2D eigenvalue weighted by molar-refractivity contribution is 0.0907. The molecule has 2 aromatic heterocycles. The highest BCUT2D eigenvalue weighted by atomic mass is 35.5. The number of hydrogen-bond donors (Lipinski definition) is 1. The summed E-state index contributed by atoms with van der Waals surface area (Å²) in [5.74, 6) is -0.0331. The average molecular weight is 320 g/mol. The van der Waals surface area contributed by atoms with Crippen molar-refractivity contribution in [3.05, 3.63) is 58.3 Å². The van der Waals surface area contributed by atoms with E-state index in [-0.39, 0.29) is 5.89 Å². The van der Waals surface area contributed by atoms with Crippen LogP contribution in [0.4, 0.5) is 0 Å². The van der Waals surface area contributed by atoms with Gasteiger partial charge in [0.15, 0.2) is 0 Å². The Balaban J connectivity index is 1.64. The molecule has 0 fully saturated rings. The molecule has 1 amide bonds. The van der Waals surface area contributed by atoms with Crippen LogP contribution in [-0.2, 0) is 6.54 Å². The number of rotatable bonds is 4. The van der Waals surface area contributed by atoms with Crippen LogP contribution in [0.3, 0.4) is 0 Å². The maximum atomic E-state index is 11.9. The molecule has 0 bridgehead atoms. The van der Waals surface area contributed by atoms with Gasteiger partial charge in [-0.2, -0.15) is 4.98 Å². The minimum absolute atomic E-state index is 0.0487. The minimum atomic E-state index is -0.403. The predicted octanol–water partition coefficient (Wildman–Crippen LogP) is 3.38. The van der Waals surface area contributed by atoms with Crippen LogP contribution in [0.5, 0.6) is 0 Å². The highest BCUT2D eigenvalue weighted by Crippen LogP contribution is 2.21. The molecule has 21 heavy (non-hydrogen) atoms. The standard InChI is InChI=1S/C14H10ClN3O2S/c15-10-5-3-9(4-6-10)8-16-13(19)14-17-12(18-20-14)11-2-1-7-21-11/h1-7H,8H2,(H,16,19). The van der Waals surface area contributed by atoms with Gasteiger partial charge in [-0.3, -0.25) is 4.79 Å². The summed E-state index contributed by atoms with van der Waals surface area (Å²) in [4.78, 5) is 16.9. The first-order chi connectivity index (χ1) is 10.2. The molecular weight excluding hydrogens is 310 g/mol. The zero-order valence-electron chi connectivity index (χ0n) is 10.7. The number of thiophene rings is 1.